The molecular weight excluding hydrogens is 225 g/mol. The van der Waals surface area contributed by atoms with Crippen LogP contribution in [-0.2, 0) is 4.57 Å². The Morgan fingerprint density at radius 3 is 2.44 bits per heavy atom. The molecule has 0 bridgehead atoms. The molecule has 0 saturated carbocycles. The van der Waals surface area contributed by atoms with Crippen molar-refractivity contribution in [3.8, 4) is 0 Å². The van der Waals surface area contributed by atoms with Crippen LogP contribution in [0.5, 0.6) is 0 Å². The van der Waals surface area contributed by atoms with E-state index in [4.69, 9.17) is 15.5 Å². The maximum absolute atomic E-state index is 11.0. The van der Waals surface area contributed by atoms with Crippen LogP contribution in [0.15, 0.2) is 36.4 Å². The molecule has 0 aliphatic rings. The van der Waals surface area contributed by atoms with Crippen molar-refractivity contribution in [2.24, 2.45) is 5.73 Å². The number of hydrogen-bond donors (Lipinski definition) is 3. The van der Waals surface area contributed by atoms with Gasteiger partial charge in [-0.2, -0.15) is 0 Å². The van der Waals surface area contributed by atoms with Gasteiger partial charge in [-0.05, 0) is 18.1 Å². The van der Waals surface area contributed by atoms with Gasteiger partial charge in [0.25, 0.3) is 0 Å². The van der Waals surface area contributed by atoms with Crippen molar-refractivity contribution in [1.82, 2.24) is 0 Å². The van der Waals surface area contributed by atoms with Gasteiger partial charge in [-0.3, -0.25) is 4.57 Å². The Bertz CT molecular complexity index is 408. The highest BCUT2D eigenvalue weighted by atomic mass is 31.2. The van der Waals surface area contributed by atoms with Crippen LogP contribution in [0.4, 0.5) is 0 Å². The molecule has 1 aromatic carbocycles. The first-order valence-electron chi connectivity index (χ1n) is 4.95. The number of rotatable bonds is 4. The molecule has 4 N–H and O–H groups in total. The van der Waals surface area contributed by atoms with Crippen LogP contribution >= 0.6 is 7.60 Å². The molecule has 0 aromatic heterocycles. The average molecular weight is 241 g/mol. The van der Waals surface area contributed by atoms with E-state index in [9.17, 15) is 4.57 Å². The summed E-state index contributed by atoms with van der Waals surface area (Å²) in [5.41, 5.74) is 7.00. The van der Waals surface area contributed by atoms with Crippen LogP contribution in [0, 0.1) is 0 Å². The molecule has 0 aliphatic carbocycles. The van der Waals surface area contributed by atoms with Crippen molar-refractivity contribution >= 4 is 13.2 Å². The lowest BCUT2D eigenvalue weighted by molar-refractivity contribution is 0.377. The Morgan fingerprint density at radius 1 is 1.44 bits per heavy atom. The maximum atomic E-state index is 11.0. The summed E-state index contributed by atoms with van der Waals surface area (Å²) in [6.07, 6.45) is 1.40. The van der Waals surface area contributed by atoms with E-state index < -0.39 is 7.60 Å². The van der Waals surface area contributed by atoms with Gasteiger partial charge in [0.15, 0.2) is 0 Å². The van der Waals surface area contributed by atoms with E-state index in [1.54, 1.807) is 13.0 Å². The molecule has 0 fully saturated rings. The molecule has 0 radical (unpaired) electrons. The lowest BCUT2D eigenvalue weighted by atomic mass is 10.1. The van der Waals surface area contributed by atoms with Gasteiger partial charge in [0.05, 0.1) is 6.16 Å². The molecule has 1 aromatic rings. The smallest absolute Gasteiger partial charge is 0.325 e. The lowest BCUT2D eigenvalue weighted by Gasteiger charge is -2.10. The third kappa shape index (κ3) is 4.73. The summed E-state index contributed by atoms with van der Waals surface area (Å²) in [7, 11) is -4.07. The summed E-state index contributed by atoms with van der Waals surface area (Å²) in [6, 6.07) is 8.88. The summed E-state index contributed by atoms with van der Waals surface area (Å²) in [5, 5.41) is 0. The van der Waals surface area contributed by atoms with Crippen molar-refractivity contribution in [1.29, 1.82) is 0 Å². The number of nitrogens with two attached hydrogens (primary N) is 1. The van der Waals surface area contributed by atoms with E-state index in [1.807, 2.05) is 30.3 Å². The van der Waals surface area contributed by atoms with Gasteiger partial charge >= 0.3 is 7.60 Å². The zero-order chi connectivity index (χ0) is 12.2. The molecule has 88 valence electrons. The Kier molecular flexibility index (Phi) is 4.44. The van der Waals surface area contributed by atoms with Crippen molar-refractivity contribution in [2.45, 2.75) is 13.0 Å². The molecule has 0 spiro atoms. The first-order chi connectivity index (χ1) is 7.38. The second-order valence-corrected chi connectivity index (χ2v) is 5.39. The summed E-state index contributed by atoms with van der Waals surface area (Å²) in [6.45, 7) is 1.77. The highest BCUT2D eigenvalue weighted by molar-refractivity contribution is 7.52. The molecular formula is C11H16NO3P. The zero-order valence-electron chi connectivity index (χ0n) is 9.08. The fourth-order valence-electron chi connectivity index (χ4n) is 1.43. The maximum Gasteiger partial charge on any atom is 0.329 e. The molecule has 4 nitrogen and oxygen atoms in total. The fourth-order valence-corrected chi connectivity index (χ4v) is 2.16. The largest absolute Gasteiger partial charge is 0.329 e. The quantitative estimate of drug-likeness (QED) is 0.699. The van der Waals surface area contributed by atoms with Crippen LogP contribution in [-0.4, -0.2) is 22.0 Å². The molecule has 1 unspecified atom stereocenters. The van der Waals surface area contributed by atoms with Crippen molar-refractivity contribution in [3.05, 3.63) is 42.0 Å². The zero-order valence-corrected chi connectivity index (χ0v) is 9.97. The third-order valence-corrected chi connectivity index (χ3v) is 2.74. The molecule has 0 aliphatic heterocycles. The van der Waals surface area contributed by atoms with E-state index in [1.165, 1.54) is 0 Å². The van der Waals surface area contributed by atoms with E-state index in [0.29, 0.717) is 5.57 Å². The molecule has 0 saturated heterocycles. The number of hydrogen-bond acceptors (Lipinski definition) is 2. The van der Waals surface area contributed by atoms with E-state index in [2.05, 4.69) is 0 Å². The molecule has 1 atom stereocenters. The normalized spacial score (nSPS) is 14.9. The van der Waals surface area contributed by atoms with Crippen LogP contribution < -0.4 is 5.73 Å². The predicted octanol–water partition coefficient (Wildman–Crippen LogP) is 1.59. The molecule has 5 heteroatoms. The predicted molar refractivity (Wildman–Crippen MR) is 65.0 cm³/mol. The van der Waals surface area contributed by atoms with Gasteiger partial charge in [-0.1, -0.05) is 36.4 Å². The van der Waals surface area contributed by atoms with Crippen molar-refractivity contribution in [2.75, 3.05) is 6.16 Å². The second-order valence-electron chi connectivity index (χ2n) is 3.74. The molecule has 0 heterocycles. The summed E-state index contributed by atoms with van der Waals surface area (Å²) >= 11 is 0. The summed E-state index contributed by atoms with van der Waals surface area (Å²) in [4.78, 5) is 18.0. The number of benzene rings is 1. The van der Waals surface area contributed by atoms with Crippen LogP contribution in [0.3, 0.4) is 0 Å². The standard InChI is InChI=1S/C11H16NO3P/c1-9(12)7-11(8-16(13,14)15)10-5-3-2-4-6-10/h2-7,9H,8,12H2,1H3,(H2,13,14,15)/b11-7-. The Labute approximate surface area is 95.0 Å². The van der Waals surface area contributed by atoms with Gasteiger partial charge < -0.3 is 15.5 Å². The topological polar surface area (TPSA) is 83.6 Å². The van der Waals surface area contributed by atoms with Gasteiger partial charge in [0, 0.05) is 6.04 Å². The van der Waals surface area contributed by atoms with Gasteiger partial charge in [-0.25, -0.2) is 0 Å². The first-order valence-corrected chi connectivity index (χ1v) is 6.74. The monoisotopic (exact) mass is 241 g/mol. The second kappa shape index (κ2) is 5.41. The average Bonchev–Trinajstić information content (AvgIpc) is 2.15. The van der Waals surface area contributed by atoms with Crippen molar-refractivity contribution < 1.29 is 14.4 Å². The minimum Gasteiger partial charge on any atom is -0.325 e. The summed E-state index contributed by atoms with van der Waals surface area (Å²) in [5.74, 6) is 0. The Balaban J connectivity index is 3.03. The van der Waals surface area contributed by atoms with Crippen LogP contribution in [0.25, 0.3) is 5.57 Å². The molecule has 1 rings (SSSR count). The first kappa shape index (κ1) is 13.1. The number of allylic oxidation sites excluding steroid dienone is 1. The highest BCUT2D eigenvalue weighted by Gasteiger charge is 2.17. The van der Waals surface area contributed by atoms with E-state index in [-0.39, 0.29) is 12.2 Å². The van der Waals surface area contributed by atoms with Gasteiger partial charge in [0.2, 0.25) is 0 Å². The molecule has 16 heavy (non-hydrogen) atoms. The van der Waals surface area contributed by atoms with Gasteiger partial charge in [-0.15, -0.1) is 0 Å². The van der Waals surface area contributed by atoms with Crippen LogP contribution in [0.1, 0.15) is 12.5 Å². The third-order valence-electron chi connectivity index (χ3n) is 1.98. The van der Waals surface area contributed by atoms with Crippen molar-refractivity contribution in [3.63, 3.8) is 0 Å². The van der Waals surface area contributed by atoms with Crippen LogP contribution in [0.2, 0.25) is 0 Å². The minimum atomic E-state index is -4.07. The molecule has 0 amide bonds. The minimum absolute atomic E-state index is 0.234. The van der Waals surface area contributed by atoms with E-state index >= 15 is 0 Å². The SMILES string of the molecule is CC(N)/C=C(/CP(=O)(O)O)c1ccccc1. The fraction of sp³-hybridized carbons (Fsp3) is 0.273. The summed E-state index contributed by atoms with van der Waals surface area (Å²) < 4.78 is 11.0. The van der Waals surface area contributed by atoms with Gasteiger partial charge in [0.1, 0.15) is 0 Å². The Hall–Kier alpha value is -0.930. The highest BCUT2D eigenvalue weighted by Crippen LogP contribution is 2.39. The lowest BCUT2D eigenvalue weighted by Crippen LogP contribution is -2.12. The van der Waals surface area contributed by atoms with E-state index in [0.717, 1.165) is 5.56 Å². The Morgan fingerprint density at radius 2 is 2.00 bits per heavy atom.